The molecule has 2 aliphatic carbocycles. The zero-order valence-electron chi connectivity index (χ0n) is 16.7. The normalized spacial score (nSPS) is 22.4. The average Bonchev–Trinajstić information content (AvgIpc) is 3.05. The number of aromatic nitrogens is 1. The molecule has 2 aromatic rings. The SMILES string of the molecule is COc1ccc(NC[C@H]2[C@H](c3ccc(S(N)(=O)=O)cc3)C23CCCC3)c(OC)n1. The van der Waals surface area contributed by atoms with Crippen LogP contribution in [0.1, 0.15) is 37.2 Å². The minimum atomic E-state index is -3.67. The molecule has 0 bridgehead atoms. The topological polar surface area (TPSA) is 104 Å². The van der Waals surface area contributed by atoms with Crippen molar-refractivity contribution in [2.75, 3.05) is 26.1 Å². The highest BCUT2D eigenvalue weighted by Gasteiger charge is 2.64. The molecule has 156 valence electrons. The van der Waals surface area contributed by atoms with Crippen molar-refractivity contribution in [1.82, 2.24) is 4.98 Å². The van der Waals surface area contributed by atoms with Crippen molar-refractivity contribution in [2.45, 2.75) is 36.5 Å². The predicted molar refractivity (Wildman–Crippen MR) is 111 cm³/mol. The van der Waals surface area contributed by atoms with Gasteiger partial charge in [0.15, 0.2) is 0 Å². The molecule has 2 fully saturated rings. The molecule has 0 aliphatic heterocycles. The molecule has 1 heterocycles. The van der Waals surface area contributed by atoms with Gasteiger partial charge in [-0.15, -0.1) is 0 Å². The lowest BCUT2D eigenvalue weighted by molar-refractivity contribution is 0.365. The summed E-state index contributed by atoms with van der Waals surface area (Å²) in [5.41, 5.74) is 2.33. The summed E-state index contributed by atoms with van der Waals surface area (Å²) in [4.78, 5) is 4.49. The van der Waals surface area contributed by atoms with E-state index in [9.17, 15) is 8.42 Å². The molecule has 1 spiro atoms. The Morgan fingerprint density at radius 1 is 1.10 bits per heavy atom. The third-order valence-corrected chi connectivity index (χ3v) is 7.43. The zero-order chi connectivity index (χ0) is 20.6. The molecule has 29 heavy (non-hydrogen) atoms. The van der Waals surface area contributed by atoms with Crippen LogP contribution in [-0.4, -0.2) is 34.2 Å². The van der Waals surface area contributed by atoms with Crippen LogP contribution in [0, 0.1) is 11.3 Å². The molecule has 2 saturated carbocycles. The highest BCUT2D eigenvalue weighted by molar-refractivity contribution is 7.89. The van der Waals surface area contributed by atoms with E-state index in [0.29, 0.717) is 29.0 Å². The van der Waals surface area contributed by atoms with Crippen LogP contribution in [-0.2, 0) is 10.0 Å². The van der Waals surface area contributed by atoms with E-state index in [0.717, 1.165) is 12.2 Å². The Balaban J connectivity index is 1.53. The third-order valence-electron chi connectivity index (χ3n) is 6.50. The smallest absolute Gasteiger partial charge is 0.240 e. The molecule has 0 unspecified atom stereocenters. The lowest BCUT2D eigenvalue weighted by Crippen LogP contribution is -2.12. The van der Waals surface area contributed by atoms with Gasteiger partial charge in [-0.25, -0.2) is 13.6 Å². The maximum Gasteiger partial charge on any atom is 0.240 e. The molecule has 0 amide bonds. The van der Waals surface area contributed by atoms with E-state index in [1.807, 2.05) is 24.3 Å². The first-order chi connectivity index (χ1) is 13.9. The predicted octanol–water partition coefficient (Wildman–Crippen LogP) is 3.13. The number of primary sulfonamides is 1. The minimum Gasteiger partial charge on any atom is -0.481 e. The van der Waals surface area contributed by atoms with E-state index in [-0.39, 0.29) is 4.90 Å². The Bertz CT molecular complexity index is 985. The van der Waals surface area contributed by atoms with Gasteiger partial charge < -0.3 is 14.8 Å². The number of rotatable bonds is 7. The van der Waals surface area contributed by atoms with Gasteiger partial charge in [0.05, 0.1) is 24.8 Å². The Kier molecular flexibility index (Phi) is 5.16. The Morgan fingerprint density at radius 3 is 2.38 bits per heavy atom. The molecule has 2 atom stereocenters. The molecular weight excluding hydrogens is 390 g/mol. The molecule has 4 rings (SSSR count). The molecule has 1 aromatic carbocycles. The molecular formula is C21H27N3O4S. The van der Waals surface area contributed by atoms with Crippen LogP contribution in [0.3, 0.4) is 0 Å². The first-order valence-corrected chi connectivity index (χ1v) is 11.4. The summed E-state index contributed by atoms with van der Waals surface area (Å²) in [5, 5.41) is 8.74. The molecule has 7 nitrogen and oxygen atoms in total. The number of hydrogen-bond acceptors (Lipinski definition) is 6. The van der Waals surface area contributed by atoms with Gasteiger partial charge in [0.25, 0.3) is 0 Å². The first-order valence-electron chi connectivity index (χ1n) is 9.85. The number of pyridine rings is 1. The van der Waals surface area contributed by atoms with Crippen molar-refractivity contribution in [3.8, 4) is 11.8 Å². The second kappa shape index (κ2) is 7.50. The quantitative estimate of drug-likeness (QED) is 0.717. The highest BCUT2D eigenvalue weighted by atomic mass is 32.2. The van der Waals surface area contributed by atoms with Gasteiger partial charge in [-0.1, -0.05) is 25.0 Å². The van der Waals surface area contributed by atoms with Gasteiger partial charge in [-0.3, -0.25) is 0 Å². The van der Waals surface area contributed by atoms with E-state index < -0.39 is 10.0 Å². The number of methoxy groups -OCH3 is 2. The van der Waals surface area contributed by atoms with E-state index in [4.69, 9.17) is 14.6 Å². The number of nitrogens with two attached hydrogens (primary N) is 1. The van der Waals surface area contributed by atoms with Crippen LogP contribution >= 0.6 is 0 Å². The molecule has 3 N–H and O–H groups in total. The summed E-state index contributed by atoms with van der Waals surface area (Å²) < 4.78 is 33.7. The van der Waals surface area contributed by atoms with E-state index in [1.165, 1.54) is 31.2 Å². The lowest BCUT2D eigenvalue weighted by atomic mass is 9.97. The number of ether oxygens (including phenoxy) is 2. The fourth-order valence-electron chi connectivity index (χ4n) is 5.09. The van der Waals surface area contributed by atoms with Gasteiger partial charge >= 0.3 is 0 Å². The van der Waals surface area contributed by atoms with Crippen molar-refractivity contribution in [3.05, 3.63) is 42.0 Å². The third kappa shape index (κ3) is 3.67. The van der Waals surface area contributed by atoms with Crippen LogP contribution in [0.25, 0.3) is 0 Å². The number of hydrogen-bond donors (Lipinski definition) is 2. The molecule has 0 saturated heterocycles. The monoisotopic (exact) mass is 417 g/mol. The number of anilines is 1. The van der Waals surface area contributed by atoms with Crippen molar-refractivity contribution in [3.63, 3.8) is 0 Å². The summed E-state index contributed by atoms with van der Waals surface area (Å²) in [5.74, 6) is 1.93. The van der Waals surface area contributed by atoms with Gasteiger partial charge in [0.2, 0.25) is 21.8 Å². The Morgan fingerprint density at radius 2 is 1.79 bits per heavy atom. The van der Waals surface area contributed by atoms with E-state index in [1.54, 1.807) is 26.4 Å². The lowest BCUT2D eigenvalue weighted by Gasteiger charge is -2.12. The molecule has 8 heteroatoms. The van der Waals surface area contributed by atoms with Crippen LogP contribution in [0.4, 0.5) is 5.69 Å². The first kappa shape index (κ1) is 20.0. The van der Waals surface area contributed by atoms with Gasteiger partial charge in [0.1, 0.15) is 0 Å². The second-order valence-corrected chi connectivity index (χ2v) is 9.49. The summed E-state index contributed by atoms with van der Waals surface area (Å²) in [6.45, 7) is 0.811. The van der Waals surface area contributed by atoms with Crippen molar-refractivity contribution in [1.29, 1.82) is 0 Å². The fourth-order valence-corrected chi connectivity index (χ4v) is 5.61. The van der Waals surface area contributed by atoms with Gasteiger partial charge in [-0.2, -0.15) is 4.98 Å². The maximum atomic E-state index is 11.6. The highest BCUT2D eigenvalue weighted by Crippen LogP contribution is 2.72. The number of sulfonamides is 1. The second-order valence-electron chi connectivity index (χ2n) is 7.93. The number of nitrogens with zero attached hydrogens (tertiary/aromatic N) is 1. The van der Waals surface area contributed by atoms with Crippen LogP contribution in [0.5, 0.6) is 11.8 Å². The van der Waals surface area contributed by atoms with E-state index in [2.05, 4.69) is 10.3 Å². The zero-order valence-corrected chi connectivity index (χ0v) is 17.5. The van der Waals surface area contributed by atoms with Crippen LogP contribution < -0.4 is 19.9 Å². The minimum absolute atomic E-state index is 0.158. The number of nitrogens with one attached hydrogen (secondary N) is 1. The maximum absolute atomic E-state index is 11.6. The van der Waals surface area contributed by atoms with Crippen LogP contribution in [0.15, 0.2) is 41.3 Å². The fraction of sp³-hybridized carbons (Fsp3) is 0.476. The standard InChI is InChI=1S/C21H27N3O4S/c1-27-18-10-9-17(20(24-18)28-2)23-13-16-19(21(16)11-3-4-12-21)14-5-7-15(8-6-14)29(22,25)26/h5-10,16,19,23H,3-4,11-13H2,1-2H3,(H2,22,25,26)/t16-,19-/m0/s1. The van der Waals surface area contributed by atoms with E-state index >= 15 is 0 Å². The largest absolute Gasteiger partial charge is 0.481 e. The van der Waals surface area contributed by atoms with Gasteiger partial charge in [0, 0.05) is 12.6 Å². The van der Waals surface area contributed by atoms with Gasteiger partial charge in [-0.05, 0) is 53.9 Å². The molecule has 2 aliphatic rings. The Hall–Kier alpha value is -2.32. The molecule has 1 aromatic heterocycles. The van der Waals surface area contributed by atoms with Crippen molar-refractivity contribution < 1.29 is 17.9 Å². The van der Waals surface area contributed by atoms with Crippen molar-refractivity contribution in [2.24, 2.45) is 16.5 Å². The van der Waals surface area contributed by atoms with Crippen LogP contribution in [0.2, 0.25) is 0 Å². The number of benzene rings is 1. The summed E-state index contributed by atoms with van der Waals surface area (Å²) in [6.07, 6.45) is 4.91. The Labute approximate surface area is 171 Å². The summed E-state index contributed by atoms with van der Waals surface area (Å²) >= 11 is 0. The van der Waals surface area contributed by atoms with Crippen molar-refractivity contribution >= 4 is 15.7 Å². The summed E-state index contributed by atoms with van der Waals surface area (Å²) in [7, 11) is -0.495. The average molecular weight is 418 g/mol. The molecule has 0 radical (unpaired) electrons. The summed E-state index contributed by atoms with van der Waals surface area (Å²) in [6, 6.07) is 10.8.